The molecule has 1 heterocycles. The largest absolute Gasteiger partial charge is 0.375 e. The van der Waals surface area contributed by atoms with Gasteiger partial charge in [0, 0.05) is 12.6 Å². The topological polar surface area (TPSA) is 21.3 Å². The van der Waals surface area contributed by atoms with Crippen LogP contribution in [-0.2, 0) is 4.74 Å². The van der Waals surface area contributed by atoms with Crippen molar-refractivity contribution in [3.05, 3.63) is 0 Å². The lowest BCUT2D eigenvalue weighted by atomic mass is 9.76. The van der Waals surface area contributed by atoms with E-state index in [1.165, 1.54) is 44.9 Å². The highest BCUT2D eigenvalue weighted by Gasteiger charge is 2.40. The Morgan fingerprint density at radius 3 is 2.63 bits per heavy atom. The molecule has 2 nitrogen and oxygen atoms in total. The predicted molar refractivity (Wildman–Crippen MR) is 81.4 cm³/mol. The molecule has 2 aliphatic rings. The average molecular weight is 267 g/mol. The molecule has 1 aliphatic carbocycles. The maximum Gasteiger partial charge on any atom is 0.0697 e. The fourth-order valence-electron chi connectivity index (χ4n) is 4.08. The highest BCUT2D eigenvalue weighted by atomic mass is 16.5. The SMILES string of the molecule is CCNC1CCOC2(CCCC(C(C)(C)C)CC2)C1. The molecule has 3 atom stereocenters. The Morgan fingerprint density at radius 2 is 1.95 bits per heavy atom. The minimum Gasteiger partial charge on any atom is -0.375 e. The molecule has 0 aromatic carbocycles. The van der Waals surface area contributed by atoms with E-state index in [0.717, 1.165) is 19.1 Å². The second-order valence-corrected chi connectivity index (χ2v) is 7.77. The maximum atomic E-state index is 6.28. The number of hydrogen-bond donors (Lipinski definition) is 1. The summed E-state index contributed by atoms with van der Waals surface area (Å²) in [6.07, 6.45) is 9.07. The molecule has 2 heteroatoms. The van der Waals surface area contributed by atoms with E-state index in [1.54, 1.807) is 0 Å². The van der Waals surface area contributed by atoms with E-state index in [4.69, 9.17) is 4.74 Å². The van der Waals surface area contributed by atoms with Gasteiger partial charge in [0.25, 0.3) is 0 Å². The summed E-state index contributed by atoms with van der Waals surface area (Å²) in [5.74, 6) is 0.870. The van der Waals surface area contributed by atoms with Crippen LogP contribution < -0.4 is 5.32 Å². The summed E-state index contributed by atoms with van der Waals surface area (Å²) in [5, 5.41) is 3.64. The van der Waals surface area contributed by atoms with E-state index in [0.29, 0.717) is 11.5 Å². The zero-order valence-electron chi connectivity index (χ0n) is 13.4. The van der Waals surface area contributed by atoms with Crippen LogP contribution in [0, 0.1) is 11.3 Å². The maximum absolute atomic E-state index is 6.28. The summed E-state index contributed by atoms with van der Waals surface area (Å²) < 4.78 is 6.28. The molecule has 1 saturated heterocycles. The van der Waals surface area contributed by atoms with Gasteiger partial charge >= 0.3 is 0 Å². The molecule has 1 aliphatic heterocycles. The molecule has 0 aromatic rings. The molecular formula is C17H33NO. The van der Waals surface area contributed by atoms with Gasteiger partial charge in [-0.05, 0) is 56.4 Å². The first-order valence-corrected chi connectivity index (χ1v) is 8.32. The predicted octanol–water partition coefficient (Wildman–Crippen LogP) is 4.14. The smallest absolute Gasteiger partial charge is 0.0697 e. The van der Waals surface area contributed by atoms with Gasteiger partial charge in [0.2, 0.25) is 0 Å². The lowest BCUT2D eigenvalue weighted by molar-refractivity contribution is -0.0981. The van der Waals surface area contributed by atoms with Crippen molar-refractivity contribution < 1.29 is 4.74 Å². The zero-order chi connectivity index (χ0) is 13.9. The quantitative estimate of drug-likeness (QED) is 0.812. The van der Waals surface area contributed by atoms with Crippen LogP contribution in [0.4, 0.5) is 0 Å². The van der Waals surface area contributed by atoms with Gasteiger partial charge in [-0.1, -0.05) is 34.1 Å². The van der Waals surface area contributed by atoms with Crippen molar-refractivity contribution in [1.82, 2.24) is 5.32 Å². The van der Waals surface area contributed by atoms with E-state index in [2.05, 4.69) is 33.0 Å². The average Bonchev–Trinajstić information content (AvgIpc) is 2.52. The molecule has 19 heavy (non-hydrogen) atoms. The number of ether oxygens (including phenoxy) is 1. The van der Waals surface area contributed by atoms with Crippen molar-refractivity contribution in [2.75, 3.05) is 13.2 Å². The van der Waals surface area contributed by atoms with Gasteiger partial charge in [-0.2, -0.15) is 0 Å². The van der Waals surface area contributed by atoms with Gasteiger partial charge < -0.3 is 10.1 Å². The Balaban J connectivity index is 1.97. The van der Waals surface area contributed by atoms with Crippen molar-refractivity contribution in [3.8, 4) is 0 Å². The van der Waals surface area contributed by atoms with E-state index in [-0.39, 0.29) is 5.60 Å². The first-order chi connectivity index (χ1) is 8.95. The van der Waals surface area contributed by atoms with E-state index in [9.17, 15) is 0 Å². The summed E-state index contributed by atoms with van der Waals surface area (Å²) in [7, 11) is 0. The number of nitrogens with one attached hydrogen (secondary N) is 1. The van der Waals surface area contributed by atoms with Crippen molar-refractivity contribution in [1.29, 1.82) is 0 Å². The lowest BCUT2D eigenvalue weighted by Gasteiger charge is -2.41. The minimum absolute atomic E-state index is 0.199. The fourth-order valence-corrected chi connectivity index (χ4v) is 4.08. The molecule has 3 unspecified atom stereocenters. The van der Waals surface area contributed by atoms with Crippen LogP contribution in [-0.4, -0.2) is 24.8 Å². The Hall–Kier alpha value is -0.0800. The number of hydrogen-bond acceptors (Lipinski definition) is 2. The van der Waals surface area contributed by atoms with Crippen molar-refractivity contribution >= 4 is 0 Å². The molecule has 2 rings (SSSR count). The Kier molecular flexibility index (Phi) is 4.94. The first kappa shape index (κ1) is 15.3. The minimum atomic E-state index is 0.199. The summed E-state index contributed by atoms with van der Waals surface area (Å²) in [4.78, 5) is 0. The van der Waals surface area contributed by atoms with Gasteiger partial charge in [-0.15, -0.1) is 0 Å². The zero-order valence-corrected chi connectivity index (χ0v) is 13.4. The Morgan fingerprint density at radius 1 is 1.16 bits per heavy atom. The monoisotopic (exact) mass is 267 g/mol. The third kappa shape index (κ3) is 3.95. The van der Waals surface area contributed by atoms with Gasteiger partial charge in [-0.3, -0.25) is 0 Å². The van der Waals surface area contributed by atoms with Crippen LogP contribution in [0.5, 0.6) is 0 Å². The molecule has 0 aromatic heterocycles. The van der Waals surface area contributed by atoms with Crippen LogP contribution in [0.2, 0.25) is 0 Å². The third-order valence-corrected chi connectivity index (χ3v) is 5.34. The van der Waals surface area contributed by atoms with Gasteiger partial charge in [0.15, 0.2) is 0 Å². The molecule has 0 radical (unpaired) electrons. The summed E-state index contributed by atoms with van der Waals surface area (Å²) in [6, 6.07) is 0.685. The number of rotatable bonds is 2. The van der Waals surface area contributed by atoms with Crippen LogP contribution in [0.15, 0.2) is 0 Å². The third-order valence-electron chi connectivity index (χ3n) is 5.34. The van der Waals surface area contributed by atoms with Crippen LogP contribution in [0.25, 0.3) is 0 Å². The van der Waals surface area contributed by atoms with Gasteiger partial charge in [0.05, 0.1) is 5.60 Å². The van der Waals surface area contributed by atoms with Crippen molar-refractivity contribution in [2.24, 2.45) is 11.3 Å². The van der Waals surface area contributed by atoms with Crippen molar-refractivity contribution in [3.63, 3.8) is 0 Å². The normalized spacial score (nSPS) is 37.3. The van der Waals surface area contributed by atoms with Crippen LogP contribution in [0.3, 0.4) is 0 Å². The van der Waals surface area contributed by atoms with E-state index in [1.807, 2.05) is 0 Å². The van der Waals surface area contributed by atoms with Gasteiger partial charge in [0.1, 0.15) is 0 Å². The molecule has 1 spiro atoms. The van der Waals surface area contributed by atoms with Crippen molar-refractivity contribution in [2.45, 2.75) is 84.3 Å². The molecule has 112 valence electrons. The summed E-state index contributed by atoms with van der Waals surface area (Å²) >= 11 is 0. The molecule has 0 bridgehead atoms. The molecule has 0 amide bonds. The first-order valence-electron chi connectivity index (χ1n) is 8.32. The highest BCUT2D eigenvalue weighted by molar-refractivity contribution is 4.93. The fraction of sp³-hybridized carbons (Fsp3) is 1.00. The Labute approximate surface area is 119 Å². The second kappa shape index (κ2) is 6.13. The van der Waals surface area contributed by atoms with Crippen LogP contribution in [0.1, 0.15) is 72.6 Å². The second-order valence-electron chi connectivity index (χ2n) is 7.77. The molecule has 1 N–H and O–H groups in total. The summed E-state index contributed by atoms with van der Waals surface area (Å²) in [6.45, 7) is 11.5. The van der Waals surface area contributed by atoms with Crippen LogP contribution >= 0.6 is 0 Å². The molecule has 2 fully saturated rings. The molecule has 1 saturated carbocycles. The standard InChI is InChI=1S/C17H33NO/c1-5-18-15-9-12-19-17(13-15)10-6-7-14(8-11-17)16(2,3)4/h14-15,18H,5-13H2,1-4H3. The van der Waals surface area contributed by atoms with E-state index < -0.39 is 0 Å². The van der Waals surface area contributed by atoms with E-state index >= 15 is 0 Å². The highest BCUT2D eigenvalue weighted by Crippen LogP contribution is 2.44. The summed E-state index contributed by atoms with van der Waals surface area (Å²) in [5.41, 5.74) is 0.659. The van der Waals surface area contributed by atoms with Gasteiger partial charge in [-0.25, -0.2) is 0 Å². The lowest BCUT2D eigenvalue weighted by Crippen LogP contribution is -2.46. The Bertz CT molecular complexity index is 281. The molecular weight excluding hydrogens is 234 g/mol.